The van der Waals surface area contributed by atoms with Crippen LogP contribution in [0.15, 0.2) is 36.7 Å². The lowest BCUT2D eigenvalue weighted by Gasteiger charge is -2.30. The standard InChI is InChI=1S/C20H25ClN6O2S/c21-18-9-13(17-12-24-20-16(17)5-2-7-23-20)10-19(26-18)25-14-3-1-4-15(11-14)27-30(28,29)8-6-22/h2,5,7,9-10,12,14-15,27H,1,3-4,6,8,11,22H2,(H,23,24)(H,25,26). The Morgan fingerprint density at radius 2 is 2.10 bits per heavy atom. The molecule has 2 unspecified atom stereocenters. The van der Waals surface area contributed by atoms with E-state index in [2.05, 4.69) is 25.0 Å². The van der Waals surface area contributed by atoms with E-state index in [1.807, 2.05) is 30.5 Å². The molecule has 30 heavy (non-hydrogen) atoms. The van der Waals surface area contributed by atoms with Gasteiger partial charge in [-0.3, -0.25) is 0 Å². The number of nitrogens with zero attached hydrogens (tertiary/aromatic N) is 2. The molecule has 0 aliphatic heterocycles. The van der Waals surface area contributed by atoms with Crippen molar-refractivity contribution in [2.24, 2.45) is 5.73 Å². The Morgan fingerprint density at radius 1 is 1.27 bits per heavy atom. The molecule has 10 heteroatoms. The molecule has 1 saturated carbocycles. The van der Waals surface area contributed by atoms with Gasteiger partial charge in [-0.05, 0) is 55.5 Å². The highest BCUT2D eigenvalue weighted by atomic mass is 35.5. The smallest absolute Gasteiger partial charge is 0.213 e. The number of H-pyrrole nitrogens is 1. The maximum Gasteiger partial charge on any atom is 0.213 e. The number of pyridine rings is 2. The zero-order valence-electron chi connectivity index (χ0n) is 16.4. The fourth-order valence-electron chi connectivity index (χ4n) is 4.03. The maximum atomic E-state index is 12.0. The average molecular weight is 449 g/mol. The predicted molar refractivity (Wildman–Crippen MR) is 120 cm³/mol. The first kappa shape index (κ1) is 21.0. The molecule has 3 aromatic rings. The molecule has 0 radical (unpaired) electrons. The van der Waals surface area contributed by atoms with Gasteiger partial charge < -0.3 is 16.0 Å². The maximum absolute atomic E-state index is 12.0. The number of sulfonamides is 1. The Bertz CT molecular complexity index is 1130. The molecule has 5 N–H and O–H groups in total. The summed E-state index contributed by atoms with van der Waals surface area (Å²) in [6.07, 6.45) is 7.03. The van der Waals surface area contributed by atoms with Gasteiger partial charge in [0.25, 0.3) is 0 Å². The van der Waals surface area contributed by atoms with Crippen molar-refractivity contribution in [2.75, 3.05) is 17.6 Å². The molecule has 8 nitrogen and oxygen atoms in total. The number of aromatic amines is 1. The van der Waals surface area contributed by atoms with Gasteiger partial charge in [0.05, 0.1) is 5.75 Å². The van der Waals surface area contributed by atoms with Crippen LogP contribution < -0.4 is 15.8 Å². The molecule has 1 aliphatic carbocycles. The van der Waals surface area contributed by atoms with Crippen LogP contribution in [0.2, 0.25) is 5.15 Å². The number of aromatic nitrogens is 3. The summed E-state index contributed by atoms with van der Waals surface area (Å²) in [5, 5.41) is 4.84. The van der Waals surface area contributed by atoms with Gasteiger partial charge in [-0.25, -0.2) is 23.1 Å². The molecule has 3 aromatic heterocycles. The Labute approximate surface area is 180 Å². The number of nitrogens with one attached hydrogen (secondary N) is 3. The normalized spacial score (nSPS) is 19.8. The molecule has 0 amide bonds. The van der Waals surface area contributed by atoms with Gasteiger partial charge in [0.15, 0.2) is 0 Å². The first-order valence-electron chi connectivity index (χ1n) is 10.0. The first-order chi connectivity index (χ1) is 14.4. The lowest BCUT2D eigenvalue weighted by molar-refractivity contribution is 0.385. The van der Waals surface area contributed by atoms with E-state index in [1.54, 1.807) is 6.20 Å². The van der Waals surface area contributed by atoms with E-state index in [4.69, 9.17) is 17.3 Å². The minimum absolute atomic E-state index is 0.0553. The third-order valence-corrected chi connectivity index (χ3v) is 6.97. The highest BCUT2D eigenvalue weighted by Gasteiger charge is 2.25. The topological polar surface area (TPSA) is 126 Å². The highest BCUT2D eigenvalue weighted by molar-refractivity contribution is 7.89. The molecular formula is C20H25ClN6O2S. The largest absolute Gasteiger partial charge is 0.367 e. The lowest BCUT2D eigenvalue weighted by atomic mass is 9.91. The summed E-state index contributed by atoms with van der Waals surface area (Å²) in [6.45, 7) is 0.113. The SMILES string of the molecule is NCCS(=O)(=O)NC1CCCC(Nc2cc(-c3c[nH]c4ncccc34)cc(Cl)n2)C1. The molecule has 0 aromatic carbocycles. The molecule has 1 fully saturated rings. The number of fused-ring (bicyclic) bond motifs is 1. The lowest BCUT2D eigenvalue weighted by Crippen LogP contribution is -2.43. The molecule has 2 atom stereocenters. The number of anilines is 1. The Kier molecular flexibility index (Phi) is 6.24. The molecule has 0 bridgehead atoms. The highest BCUT2D eigenvalue weighted by Crippen LogP contribution is 2.31. The number of halogens is 1. The summed E-state index contributed by atoms with van der Waals surface area (Å²) in [6, 6.07) is 7.69. The van der Waals surface area contributed by atoms with Gasteiger partial charge in [0.1, 0.15) is 16.6 Å². The van der Waals surface area contributed by atoms with Crippen LogP contribution in [0.25, 0.3) is 22.2 Å². The van der Waals surface area contributed by atoms with Gasteiger partial charge >= 0.3 is 0 Å². The fourth-order valence-corrected chi connectivity index (χ4v) is 5.38. The second-order valence-electron chi connectivity index (χ2n) is 7.60. The second kappa shape index (κ2) is 8.89. The summed E-state index contributed by atoms with van der Waals surface area (Å²) in [5.74, 6) is 0.617. The number of rotatable bonds is 7. The summed E-state index contributed by atoms with van der Waals surface area (Å²) >= 11 is 6.31. The number of hydrogen-bond acceptors (Lipinski definition) is 6. The van der Waals surface area contributed by atoms with Gasteiger partial charge in [0.2, 0.25) is 10.0 Å². The molecular weight excluding hydrogens is 424 g/mol. The second-order valence-corrected chi connectivity index (χ2v) is 9.86. The van der Waals surface area contributed by atoms with E-state index in [0.29, 0.717) is 17.4 Å². The average Bonchev–Trinajstić information content (AvgIpc) is 3.11. The molecule has 4 rings (SSSR count). The molecule has 160 valence electrons. The Hall–Kier alpha value is -2.20. The molecule has 0 saturated heterocycles. The van der Waals surface area contributed by atoms with Crippen LogP contribution in [0, 0.1) is 0 Å². The Balaban J connectivity index is 1.51. The van der Waals surface area contributed by atoms with E-state index >= 15 is 0 Å². The fraction of sp³-hybridized carbons (Fsp3) is 0.400. The summed E-state index contributed by atoms with van der Waals surface area (Å²) in [5.41, 5.74) is 8.15. The number of hydrogen-bond donors (Lipinski definition) is 4. The van der Waals surface area contributed by atoms with E-state index in [0.717, 1.165) is 41.4 Å². The van der Waals surface area contributed by atoms with Gasteiger partial charge in [0, 0.05) is 42.0 Å². The predicted octanol–water partition coefficient (Wildman–Crippen LogP) is 2.88. The van der Waals surface area contributed by atoms with E-state index < -0.39 is 10.0 Å². The minimum Gasteiger partial charge on any atom is -0.367 e. The van der Waals surface area contributed by atoms with E-state index in [1.165, 1.54) is 0 Å². The van der Waals surface area contributed by atoms with Crippen LogP contribution in [-0.4, -0.2) is 47.8 Å². The third kappa shape index (κ3) is 4.92. The van der Waals surface area contributed by atoms with Crippen LogP contribution in [0.4, 0.5) is 5.82 Å². The van der Waals surface area contributed by atoms with Crippen LogP contribution in [0.5, 0.6) is 0 Å². The van der Waals surface area contributed by atoms with Crippen molar-refractivity contribution in [2.45, 2.75) is 37.8 Å². The number of nitrogens with two attached hydrogens (primary N) is 1. The third-order valence-electron chi connectivity index (χ3n) is 5.32. The van der Waals surface area contributed by atoms with Gasteiger partial charge in [-0.2, -0.15) is 0 Å². The van der Waals surface area contributed by atoms with Crippen LogP contribution in [-0.2, 0) is 10.0 Å². The molecule has 1 aliphatic rings. The molecule has 0 spiro atoms. The van der Waals surface area contributed by atoms with Crippen molar-refractivity contribution in [3.8, 4) is 11.1 Å². The van der Waals surface area contributed by atoms with E-state index in [9.17, 15) is 8.42 Å². The van der Waals surface area contributed by atoms with Crippen molar-refractivity contribution >= 4 is 38.5 Å². The summed E-state index contributed by atoms with van der Waals surface area (Å²) in [7, 11) is -3.34. The summed E-state index contributed by atoms with van der Waals surface area (Å²) < 4.78 is 26.9. The van der Waals surface area contributed by atoms with E-state index in [-0.39, 0.29) is 24.4 Å². The van der Waals surface area contributed by atoms with Gasteiger partial charge in [-0.1, -0.05) is 11.6 Å². The summed E-state index contributed by atoms with van der Waals surface area (Å²) in [4.78, 5) is 11.9. The minimum atomic E-state index is -3.34. The van der Waals surface area contributed by atoms with Crippen molar-refractivity contribution in [3.05, 3.63) is 41.8 Å². The van der Waals surface area contributed by atoms with Crippen molar-refractivity contribution < 1.29 is 8.42 Å². The van der Waals surface area contributed by atoms with Crippen molar-refractivity contribution in [1.82, 2.24) is 19.7 Å². The van der Waals surface area contributed by atoms with Gasteiger partial charge in [-0.15, -0.1) is 0 Å². The monoisotopic (exact) mass is 448 g/mol. The van der Waals surface area contributed by atoms with Crippen LogP contribution in [0.3, 0.4) is 0 Å². The van der Waals surface area contributed by atoms with Crippen LogP contribution in [0.1, 0.15) is 25.7 Å². The quantitative estimate of drug-likeness (QED) is 0.412. The first-order valence-corrected chi connectivity index (χ1v) is 12.0. The van der Waals surface area contributed by atoms with Crippen molar-refractivity contribution in [1.29, 1.82) is 0 Å². The van der Waals surface area contributed by atoms with Crippen LogP contribution >= 0.6 is 11.6 Å². The molecule has 3 heterocycles. The Morgan fingerprint density at radius 3 is 2.93 bits per heavy atom. The van der Waals surface area contributed by atoms with Crippen molar-refractivity contribution in [3.63, 3.8) is 0 Å². The zero-order valence-corrected chi connectivity index (χ0v) is 18.0. The zero-order chi connectivity index (χ0) is 21.1.